The molecule has 2 aromatic rings. The van der Waals surface area contributed by atoms with Gasteiger partial charge in [-0.1, -0.05) is 32.9 Å². The van der Waals surface area contributed by atoms with E-state index in [9.17, 15) is 5.11 Å². The molecule has 1 aromatic heterocycles. The summed E-state index contributed by atoms with van der Waals surface area (Å²) < 4.78 is 6.96. The van der Waals surface area contributed by atoms with Crippen molar-refractivity contribution in [3.8, 4) is 5.75 Å². The van der Waals surface area contributed by atoms with E-state index in [1.54, 1.807) is 18.1 Å². The van der Waals surface area contributed by atoms with Crippen molar-refractivity contribution in [1.82, 2.24) is 24.6 Å². The minimum Gasteiger partial charge on any atom is -0.497 e. The summed E-state index contributed by atoms with van der Waals surface area (Å²) >= 11 is 0. The molecule has 1 saturated heterocycles. The number of hydrogen-bond acceptors (Lipinski definition) is 6. The number of hydrogen-bond donors (Lipinski definition) is 1. The van der Waals surface area contributed by atoms with Crippen molar-refractivity contribution in [2.24, 2.45) is 5.41 Å². The molecule has 1 aromatic carbocycles. The topological polar surface area (TPSA) is 66.7 Å². The minimum absolute atomic E-state index is 0.265. The van der Waals surface area contributed by atoms with E-state index in [0.29, 0.717) is 13.1 Å². The van der Waals surface area contributed by atoms with Gasteiger partial charge in [-0.25, -0.2) is 4.98 Å². The maximum absolute atomic E-state index is 11.5. The lowest BCUT2D eigenvalue weighted by atomic mass is 9.76. The highest BCUT2D eigenvalue weighted by molar-refractivity contribution is 5.27. The summed E-state index contributed by atoms with van der Waals surface area (Å²) in [7, 11) is 1.69. The van der Waals surface area contributed by atoms with E-state index in [1.165, 1.54) is 11.9 Å². The van der Waals surface area contributed by atoms with Crippen LogP contribution >= 0.6 is 0 Å². The van der Waals surface area contributed by atoms with Gasteiger partial charge >= 0.3 is 0 Å². The second-order valence-corrected chi connectivity index (χ2v) is 8.78. The molecule has 0 saturated carbocycles. The highest BCUT2D eigenvalue weighted by Crippen LogP contribution is 2.33. The van der Waals surface area contributed by atoms with Crippen LogP contribution in [0.25, 0.3) is 0 Å². The first-order valence-corrected chi connectivity index (χ1v) is 9.91. The molecule has 28 heavy (non-hydrogen) atoms. The van der Waals surface area contributed by atoms with E-state index >= 15 is 0 Å². The number of nitrogens with zero attached hydrogens (tertiary/aromatic N) is 5. The predicted octanol–water partition coefficient (Wildman–Crippen LogP) is 1.88. The van der Waals surface area contributed by atoms with E-state index in [0.717, 1.165) is 38.5 Å². The Morgan fingerprint density at radius 2 is 1.64 bits per heavy atom. The molecule has 7 heteroatoms. The zero-order chi connectivity index (χ0) is 20.2. The Labute approximate surface area is 167 Å². The molecular weight excluding hydrogens is 354 g/mol. The van der Waals surface area contributed by atoms with E-state index in [2.05, 4.69) is 52.8 Å². The van der Waals surface area contributed by atoms with Gasteiger partial charge in [0, 0.05) is 39.3 Å². The first-order chi connectivity index (χ1) is 13.3. The molecule has 0 spiro atoms. The van der Waals surface area contributed by atoms with Gasteiger partial charge in [-0.3, -0.25) is 14.5 Å². The van der Waals surface area contributed by atoms with Crippen LogP contribution in [0.2, 0.25) is 0 Å². The Morgan fingerprint density at radius 3 is 2.18 bits per heavy atom. The lowest BCUT2D eigenvalue weighted by Gasteiger charge is -2.45. The van der Waals surface area contributed by atoms with Gasteiger partial charge in [0.15, 0.2) is 0 Å². The van der Waals surface area contributed by atoms with Crippen LogP contribution in [0, 0.1) is 5.41 Å². The highest BCUT2D eigenvalue weighted by Gasteiger charge is 2.42. The van der Waals surface area contributed by atoms with Crippen molar-refractivity contribution in [1.29, 1.82) is 0 Å². The molecule has 7 nitrogen and oxygen atoms in total. The molecule has 0 aliphatic carbocycles. The number of methoxy groups -OCH3 is 1. The molecule has 154 valence electrons. The lowest BCUT2D eigenvalue weighted by molar-refractivity contribution is -0.0990. The highest BCUT2D eigenvalue weighted by atomic mass is 16.5. The fraction of sp³-hybridized carbons (Fsp3) is 0.619. The second kappa shape index (κ2) is 8.59. The number of β-amino-alcohol motifs (C(OH)–C–C–N with tert-alkyl or cyclic N) is 1. The van der Waals surface area contributed by atoms with Crippen LogP contribution in [-0.2, 0) is 13.1 Å². The number of ether oxygens (including phenoxy) is 1. The number of benzene rings is 1. The third-order valence-corrected chi connectivity index (χ3v) is 5.80. The van der Waals surface area contributed by atoms with Crippen molar-refractivity contribution in [3.63, 3.8) is 0 Å². The molecule has 2 heterocycles. The van der Waals surface area contributed by atoms with Crippen molar-refractivity contribution < 1.29 is 9.84 Å². The summed E-state index contributed by atoms with van der Waals surface area (Å²) in [6, 6.07) is 8.28. The molecule has 0 amide bonds. The van der Waals surface area contributed by atoms with Crippen LogP contribution in [0.1, 0.15) is 26.3 Å². The molecular formula is C21H33N5O2. The van der Waals surface area contributed by atoms with E-state index in [-0.39, 0.29) is 5.41 Å². The summed E-state index contributed by atoms with van der Waals surface area (Å²) in [6.07, 6.45) is 3.19. The van der Waals surface area contributed by atoms with E-state index in [4.69, 9.17) is 4.74 Å². The quantitative estimate of drug-likeness (QED) is 0.783. The normalized spacial score (nSPS) is 18.8. The molecule has 1 atom stereocenters. The third-order valence-electron chi connectivity index (χ3n) is 5.80. The summed E-state index contributed by atoms with van der Waals surface area (Å²) in [5, 5.41) is 15.7. The average Bonchev–Trinajstić information content (AvgIpc) is 3.16. The molecule has 0 bridgehead atoms. The zero-order valence-corrected chi connectivity index (χ0v) is 17.5. The summed E-state index contributed by atoms with van der Waals surface area (Å²) in [5.41, 5.74) is 0.157. The standard InChI is InChI=1S/C21H33N5O2/c1-20(2,3)21(27,15-26-17-22-16-23-26)14-25-11-9-24(10-12-25)13-18-5-7-19(28-4)8-6-18/h5-8,16-17,27H,9-15H2,1-4H3. The second-order valence-electron chi connectivity index (χ2n) is 8.78. The van der Waals surface area contributed by atoms with Crippen LogP contribution in [0.15, 0.2) is 36.9 Å². The summed E-state index contributed by atoms with van der Waals surface area (Å²) in [6.45, 7) is 12.2. The molecule has 1 aliphatic heterocycles. The lowest BCUT2D eigenvalue weighted by Crippen LogP contribution is -2.58. The number of aromatic nitrogens is 3. The summed E-state index contributed by atoms with van der Waals surface area (Å²) in [4.78, 5) is 8.84. The Hall–Kier alpha value is -1.96. The first kappa shape index (κ1) is 20.8. The van der Waals surface area contributed by atoms with Crippen molar-refractivity contribution >= 4 is 0 Å². The fourth-order valence-corrected chi connectivity index (χ4v) is 3.57. The smallest absolute Gasteiger partial charge is 0.137 e. The maximum Gasteiger partial charge on any atom is 0.137 e. The molecule has 1 fully saturated rings. The monoisotopic (exact) mass is 387 g/mol. The summed E-state index contributed by atoms with van der Waals surface area (Å²) in [5.74, 6) is 0.891. The van der Waals surface area contributed by atoms with Crippen molar-refractivity contribution in [3.05, 3.63) is 42.5 Å². The zero-order valence-electron chi connectivity index (χ0n) is 17.5. The number of aliphatic hydroxyl groups is 1. The van der Waals surface area contributed by atoms with Crippen LogP contribution in [0.3, 0.4) is 0 Å². The van der Waals surface area contributed by atoms with Gasteiger partial charge in [-0.15, -0.1) is 0 Å². The Morgan fingerprint density at radius 1 is 1.00 bits per heavy atom. The molecule has 0 radical (unpaired) electrons. The minimum atomic E-state index is -0.876. The first-order valence-electron chi connectivity index (χ1n) is 9.91. The van der Waals surface area contributed by atoms with E-state index in [1.807, 2.05) is 12.1 Å². The molecule has 1 aliphatic rings. The van der Waals surface area contributed by atoms with Crippen LogP contribution in [0.4, 0.5) is 0 Å². The van der Waals surface area contributed by atoms with Gasteiger partial charge in [0.1, 0.15) is 24.0 Å². The number of piperazine rings is 1. The Kier molecular flexibility index (Phi) is 6.37. The average molecular weight is 388 g/mol. The molecule has 3 rings (SSSR count). The number of rotatable bonds is 7. The molecule has 1 unspecified atom stereocenters. The fourth-order valence-electron chi connectivity index (χ4n) is 3.57. The Bertz CT molecular complexity index is 718. The van der Waals surface area contributed by atoms with Gasteiger partial charge in [0.2, 0.25) is 0 Å². The van der Waals surface area contributed by atoms with Gasteiger partial charge in [-0.05, 0) is 23.1 Å². The van der Waals surface area contributed by atoms with Crippen molar-refractivity contribution in [2.45, 2.75) is 39.5 Å². The van der Waals surface area contributed by atoms with Gasteiger partial charge in [-0.2, -0.15) is 5.10 Å². The Balaban J connectivity index is 1.55. The van der Waals surface area contributed by atoms with Crippen LogP contribution in [-0.4, -0.2) is 75.1 Å². The van der Waals surface area contributed by atoms with E-state index < -0.39 is 5.60 Å². The van der Waals surface area contributed by atoms with Gasteiger partial charge in [0.25, 0.3) is 0 Å². The SMILES string of the molecule is COc1ccc(CN2CCN(CC(O)(Cn3cncn3)C(C)(C)C)CC2)cc1. The predicted molar refractivity (Wildman–Crippen MR) is 109 cm³/mol. The van der Waals surface area contributed by atoms with Crippen molar-refractivity contribution in [2.75, 3.05) is 39.8 Å². The van der Waals surface area contributed by atoms with Gasteiger partial charge < -0.3 is 9.84 Å². The van der Waals surface area contributed by atoms with Crippen LogP contribution < -0.4 is 4.74 Å². The molecule has 1 N–H and O–H groups in total. The third kappa shape index (κ3) is 5.10. The largest absolute Gasteiger partial charge is 0.497 e. The van der Waals surface area contributed by atoms with Gasteiger partial charge in [0.05, 0.1) is 13.7 Å². The maximum atomic E-state index is 11.5. The van der Waals surface area contributed by atoms with Crippen LogP contribution in [0.5, 0.6) is 5.75 Å².